The minimum atomic E-state index is 0.397. The highest BCUT2D eigenvalue weighted by Crippen LogP contribution is 2.28. The first-order chi connectivity index (χ1) is 16.1. The van der Waals surface area contributed by atoms with Gasteiger partial charge in [-0.25, -0.2) is 9.97 Å². The Kier molecular flexibility index (Phi) is 5.70. The Balaban J connectivity index is 1.41. The highest BCUT2D eigenvalue weighted by atomic mass is 35.5. The number of aryl methyl sites for hydroxylation is 1. The number of hydrogen-bond donors (Lipinski definition) is 2. The quantitative estimate of drug-likeness (QED) is 0.296. The van der Waals surface area contributed by atoms with Gasteiger partial charge < -0.3 is 15.4 Å². The van der Waals surface area contributed by atoms with E-state index in [2.05, 4.69) is 30.6 Å². The van der Waals surface area contributed by atoms with E-state index in [9.17, 15) is 0 Å². The van der Waals surface area contributed by atoms with Gasteiger partial charge in [0.25, 0.3) is 0 Å². The van der Waals surface area contributed by atoms with Gasteiger partial charge in [-0.2, -0.15) is 9.97 Å². The zero-order valence-electron chi connectivity index (χ0n) is 17.7. The Hall–Kier alpha value is -4.23. The van der Waals surface area contributed by atoms with Crippen LogP contribution in [0, 0.1) is 6.92 Å². The second kappa shape index (κ2) is 9.10. The van der Waals surface area contributed by atoms with Crippen LogP contribution in [0.15, 0.2) is 85.2 Å². The number of hydrogen-bond acceptors (Lipinski definition) is 7. The highest BCUT2D eigenvalue weighted by Gasteiger charge is 2.12. The van der Waals surface area contributed by atoms with Crippen molar-refractivity contribution in [3.05, 3.63) is 95.8 Å². The number of rotatable bonds is 6. The number of ether oxygens (including phenoxy) is 1. The molecule has 5 aromatic rings. The number of aromatic nitrogens is 4. The molecule has 2 heterocycles. The SMILES string of the molecule is Cc1cc(Cl)ccc1Nc1nc(Nc2ccc(Oc3ccccc3)cc2)nc2nccnc12. The summed E-state index contributed by atoms with van der Waals surface area (Å²) in [5.74, 6) is 2.46. The molecule has 0 atom stereocenters. The number of anilines is 4. The molecule has 0 aliphatic carbocycles. The molecule has 0 radical (unpaired) electrons. The van der Waals surface area contributed by atoms with Crippen LogP contribution in [0.5, 0.6) is 11.5 Å². The van der Waals surface area contributed by atoms with Crippen LogP contribution < -0.4 is 15.4 Å². The molecule has 8 heteroatoms. The maximum absolute atomic E-state index is 6.09. The molecule has 0 spiro atoms. The molecule has 7 nitrogen and oxygen atoms in total. The van der Waals surface area contributed by atoms with E-state index in [0.717, 1.165) is 28.4 Å². The molecule has 0 saturated heterocycles. The molecule has 0 amide bonds. The van der Waals surface area contributed by atoms with Gasteiger partial charge in [0.2, 0.25) is 5.95 Å². The van der Waals surface area contributed by atoms with Crippen molar-refractivity contribution in [3.63, 3.8) is 0 Å². The molecule has 0 unspecified atom stereocenters. The molecule has 0 aliphatic heterocycles. The second-order valence-corrected chi connectivity index (χ2v) is 7.71. The van der Waals surface area contributed by atoms with Crippen molar-refractivity contribution < 1.29 is 4.74 Å². The molecule has 0 saturated carbocycles. The summed E-state index contributed by atoms with van der Waals surface area (Å²) in [6.07, 6.45) is 3.22. The standard InChI is InChI=1S/C25H19ClN6O/c1-16-15-17(26)7-12-21(16)30-24-22-23(28-14-13-27-22)31-25(32-24)29-18-8-10-20(11-9-18)33-19-5-3-2-4-6-19/h2-15H,1H3,(H2,28,29,30,31,32). The van der Waals surface area contributed by atoms with Crippen LogP contribution in [-0.4, -0.2) is 19.9 Å². The van der Waals surface area contributed by atoms with Gasteiger partial charge in [-0.15, -0.1) is 0 Å². The maximum Gasteiger partial charge on any atom is 0.231 e. The van der Waals surface area contributed by atoms with E-state index >= 15 is 0 Å². The van der Waals surface area contributed by atoms with E-state index in [1.165, 1.54) is 0 Å². The van der Waals surface area contributed by atoms with Crippen molar-refractivity contribution in [1.82, 2.24) is 19.9 Å². The van der Waals surface area contributed by atoms with Gasteiger partial charge in [-0.3, -0.25) is 0 Å². The van der Waals surface area contributed by atoms with Gasteiger partial charge in [0.15, 0.2) is 17.0 Å². The smallest absolute Gasteiger partial charge is 0.231 e. The van der Waals surface area contributed by atoms with Gasteiger partial charge >= 0.3 is 0 Å². The molecule has 5 rings (SSSR count). The predicted octanol–water partition coefficient (Wildman–Crippen LogP) is 6.66. The first-order valence-electron chi connectivity index (χ1n) is 10.3. The third-order valence-electron chi connectivity index (χ3n) is 4.86. The van der Waals surface area contributed by atoms with E-state index in [4.69, 9.17) is 16.3 Å². The Morgan fingerprint density at radius 2 is 1.55 bits per heavy atom. The number of halogens is 1. The Labute approximate surface area is 195 Å². The minimum Gasteiger partial charge on any atom is -0.457 e. The molecule has 162 valence electrons. The lowest BCUT2D eigenvalue weighted by Gasteiger charge is -2.13. The molecule has 2 N–H and O–H groups in total. The first-order valence-corrected chi connectivity index (χ1v) is 10.6. The van der Waals surface area contributed by atoms with Crippen LogP contribution in [0.3, 0.4) is 0 Å². The van der Waals surface area contributed by atoms with Gasteiger partial charge in [0.1, 0.15) is 11.5 Å². The molecular formula is C25H19ClN6O. The molecule has 0 bridgehead atoms. The summed E-state index contributed by atoms with van der Waals surface area (Å²) >= 11 is 6.09. The van der Waals surface area contributed by atoms with Gasteiger partial charge in [-0.1, -0.05) is 29.8 Å². The highest BCUT2D eigenvalue weighted by molar-refractivity contribution is 6.30. The maximum atomic E-state index is 6.09. The number of fused-ring (bicyclic) bond motifs is 1. The fourth-order valence-electron chi connectivity index (χ4n) is 3.26. The lowest BCUT2D eigenvalue weighted by Crippen LogP contribution is -2.04. The summed E-state index contributed by atoms with van der Waals surface area (Å²) in [5, 5.41) is 7.24. The van der Waals surface area contributed by atoms with Crippen molar-refractivity contribution >= 4 is 45.9 Å². The van der Waals surface area contributed by atoms with Crippen LogP contribution >= 0.6 is 11.6 Å². The van der Waals surface area contributed by atoms with Crippen LogP contribution in [0.2, 0.25) is 5.02 Å². The van der Waals surface area contributed by atoms with Crippen molar-refractivity contribution in [2.75, 3.05) is 10.6 Å². The summed E-state index contributed by atoms with van der Waals surface area (Å²) in [6.45, 7) is 1.97. The lowest BCUT2D eigenvalue weighted by atomic mass is 10.2. The van der Waals surface area contributed by atoms with Crippen LogP contribution in [0.1, 0.15) is 5.56 Å². The molecule has 2 aromatic heterocycles. The molecule has 0 aliphatic rings. The summed E-state index contributed by atoms with van der Waals surface area (Å²) in [5.41, 5.74) is 3.73. The van der Waals surface area contributed by atoms with Crippen molar-refractivity contribution in [2.45, 2.75) is 6.92 Å². The minimum absolute atomic E-state index is 0.397. The third kappa shape index (κ3) is 4.83. The van der Waals surface area contributed by atoms with E-state index in [-0.39, 0.29) is 0 Å². The molecular weight excluding hydrogens is 436 g/mol. The van der Waals surface area contributed by atoms with Crippen molar-refractivity contribution in [2.24, 2.45) is 0 Å². The molecule has 33 heavy (non-hydrogen) atoms. The second-order valence-electron chi connectivity index (χ2n) is 7.27. The average molecular weight is 455 g/mol. The van der Waals surface area contributed by atoms with E-state index in [1.54, 1.807) is 12.4 Å². The molecule has 3 aromatic carbocycles. The Morgan fingerprint density at radius 1 is 0.788 bits per heavy atom. The van der Waals surface area contributed by atoms with E-state index in [1.807, 2.05) is 79.7 Å². The Morgan fingerprint density at radius 3 is 2.33 bits per heavy atom. The lowest BCUT2D eigenvalue weighted by molar-refractivity contribution is 0.483. The van der Waals surface area contributed by atoms with Crippen molar-refractivity contribution in [1.29, 1.82) is 0 Å². The number of nitrogens with zero attached hydrogens (tertiary/aromatic N) is 4. The topological polar surface area (TPSA) is 84.9 Å². The average Bonchev–Trinajstić information content (AvgIpc) is 2.83. The van der Waals surface area contributed by atoms with E-state index in [0.29, 0.717) is 28.0 Å². The monoisotopic (exact) mass is 454 g/mol. The summed E-state index contributed by atoms with van der Waals surface area (Å²) < 4.78 is 5.85. The largest absolute Gasteiger partial charge is 0.457 e. The zero-order valence-corrected chi connectivity index (χ0v) is 18.4. The van der Waals surface area contributed by atoms with Crippen LogP contribution in [0.4, 0.5) is 23.1 Å². The Bertz CT molecular complexity index is 1410. The summed E-state index contributed by atoms with van der Waals surface area (Å²) in [7, 11) is 0. The van der Waals surface area contributed by atoms with Gasteiger partial charge in [0, 0.05) is 28.8 Å². The number of para-hydroxylation sites is 1. The normalized spacial score (nSPS) is 10.7. The first kappa shape index (κ1) is 20.7. The summed E-state index contributed by atoms with van der Waals surface area (Å²) in [4.78, 5) is 17.9. The zero-order chi connectivity index (χ0) is 22.6. The van der Waals surface area contributed by atoms with Crippen molar-refractivity contribution in [3.8, 4) is 11.5 Å². The van der Waals surface area contributed by atoms with Gasteiger partial charge in [-0.05, 0) is 67.1 Å². The van der Waals surface area contributed by atoms with Gasteiger partial charge in [0.05, 0.1) is 0 Å². The predicted molar refractivity (Wildman–Crippen MR) is 131 cm³/mol. The van der Waals surface area contributed by atoms with Crippen LogP contribution in [-0.2, 0) is 0 Å². The number of nitrogens with one attached hydrogen (secondary N) is 2. The van der Waals surface area contributed by atoms with Crippen LogP contribution in [0.25, 0.3) is 11.2 Å². The van der Waals surface area contributed by atoms with E-state index < -0.39 is 0 Å². The summed E-state index contributed by atoms with van der Waals surface area (Å²) in [6, 6.07) is 22.8. The fraction of sp³-hybridized carbons (Fsp3) is 0.0400. The number of benzene rings is 3. The third-order valence-corrected chi connectivity index (χ3v) is 5.10. The fourth-order valence-corrected chi connectivity index (χ4v) is 3.49. The molecule has 0 fully saturated rings.